The number of rotatable bonds is 7. The Hall–Kier alpha value is -3.68. The van der Waals surface area contributed by atoms with Gasteiger partial charge in [0.25, 0.3) is 5.91 Å². The molecule has 2 aromatic heterocycles. The van der Waals surface area contributed by atoms with Crippen LogP contribution in [-0.4, -0.2) is 45.0 Å². The van der Waals surface area contributed by atoms with E-state index in [2.05, 4.69) is 15.3 Å². The van der Waals surface area contributed by atoms with Crippen LogP contribution in [0.2, 0.25) is 0 Å². The Morgan fingerprint density at radius 2 is 1.91 bits per heavy atom. The predicted octanol–water partition coefficient (Wildman–Crippen LogP) is 4.45. The van der Waals surface area contributed by atoms with Crippen molar-refractivity contribution in [2.24, 2.45) is 0 Å². The molecule has 0 saturated carbocycles. The minimum Gasteiger partial charge on any atom is -0.497 e. The second kappa shape index (κ2) is 9.44. The van der Waals surface area contributed by atoms with Gasteiger partial charge >= 0.3 is 0 Å². The van der Waals surface area contributed by atoms with Gasteiger partial charge in [-0.3, -0.25) is 9.78 Å². The largest absolute Gasteiger partial charge is 0.497 e. The van der Waals surface area contributed by atoms with E-state index in [1.165, 1.54) is 0 Å². The van der Waals surface area contributed by atoms with Crippen molar-refractivity contribution in [1.29, 1.82) is 0 Å². The monoisotopic (exact) mass is 447 g/mol. The Balaban J connectivity index is 1.51. The number of carbonyl (C=O) groups excluding carboxylic acids is 1. The van der Waals surface area contributed by atoms with Crippen molar-refractivity contribution >= 4 is 17.5 Å². The van der Waals surface area contributed by atoms with Gasteiger partial charge < -0.3 is 19.7 Å². The fourth-order valence-corrected chi connectivity index (χ4v) is 3.98. The first kappa shape index (κ1) is 22.5. The van der Waals surface area contributed by atoms with E-state index < -0.39 is 5.60 Å². The molecule has 1 amide bonds. The lowest BCUT2D eigenvalue weighted by molar-refractivity contribution is -0.146. The van der Waals surface area contributed by atoms with Crippen molar-refractivity contribution in [1.82, 2.24) is 19.9 Å². The van der Waals surface area contributed by atoms with Crippen LogP contribution < -0.4 is 14.8 Å². The molecular formula is C25H29N5O3. The molecular weight excluding hydrogens is 418 g/mol. The summed E-state index contributed by atoms with van der Waals surface area (Å²) in [4.78, 5) is 28.8. The highest BCUT2D eigenvalue weighted by Gasteiger charge is 2.40. The van der Waals surface area contributed by atoms with Crippen LogP contribution >= 0.6 is 0 Å². The van der Waals surface area contributed by atoms with Gasteiger partial charge in [0.1, 0.15) is 23.1 Å². The Morgan fingerprint density at radius 1 is 1.15 bits per heavy atom. The zero-order chi connectivity index (χ0) is 23.4. The maximum atomic E-state index is 13.5. The average molecular weight is 448 g/mol. The summed E-state index contributed by atoms with van der Waals surface area (Å²) < 4.78 is 11.3. The summed E-state index contributed by atoms with van der Waals surface area (Å²) in [6.45, 7) is 6.22. The van der Waals surface area contributed by atoms with Crippen LogP contribution in [0.3, 0.4) is 0 Å². The molecule has 33 heavy (non-hydrogen) atoms. The number of aromatic nitrogens is 3. The number of nitrogens with one attached hydrogen (secondary N) is 1. The number of hydrogen-bond acceptors (Lipinski definition) is 7. The first-order chi connectivity index (χ1) is 15.9. The van der Waals surface area contributed by atoms with Crippen molar-refractivity contribution in [3.05, 3.63) is 66.2 Å². The van der Waals surface area contributed by atoms with E-state index in [1.807, 2.05) is 36.1 Å². The highest BCUT2D eigenvalue weighted by Crippen LogP contribution is 2.34. The molecule has 1 N–H and O–H groups in total. The smallest absolute Gasteiger partial charge is 0.266 e. The summed E-state index contributed by atoms with van der Waals surface area (Å²) in [5.41, 5.74) is 0.727. The molecule has 8 heteroatoms. The molecule has 1 aromatic carbocycles. The van der Waals surface area contributed by atoms with Gasteiger partial charge in [0.05, 0.1) is 31.2 Å². The van der Waals surface area contributed by atoms with Gasteiger partial charge in [-0.25, -0.2) is 9.97 Å². The summed E-state index contributed by atoms with van der Waals surface area (Å²) >= 11 is 0. The number of carbonyl (C=O) groups is 1. The quantitative estimate of drug-likeness (QED) is 0.572. The Bertz CT molecular complexity index is 1120. The molecule has 0 radical (unpaired) electrons. The van der Waals surface area contributed by atoms with Gasteiger partial charge in [0.15, 0.2) is 5.60 Å². The molecule has 8 nitrogen and oxygen atoms in total. The zero-order valence-electron chi connectivity index (χ0n) is 19.4. The van der Waals surface area contributed by atoms with Crippen molar-refractivity contribution in [2.75, 3.05) is 19.0 Å². The van der Waals surface area contributed by atoms with Crippen LogP contribution in [0, 0.1) is 6.92 Å². The number of ether oxygens (including phenoxy) is 2. The summed E-state index contributed by atoms with van der Waals surface area (Å²) in [6.07, 6.45) is 6.84. The zero-order valence-corrected chi connectivity index (χ0v) is 19.4. The van der Waals surface area contributed by atoms with Gasteiger partial charge in [0, 0.05) is 12.7 Å². The molecule has 1 atom stereocenters. The van der Waals surface area contributed by atoms with Crippen LogP contribution in [0.5, 0.6) is 11.5 Å². The van der Waals surface area contributed by atoms with E-state index in [1.54, 1.807) is 51.7 Å². The standard InChI is InChI=1S/C25H29N5O3/c1-17-7-5-13-27-23(17)29-22-16-26-15-20(28-22)21-8-6-14-30(21)24(31)25(2,3)33-19-11-9-18(32-4)10-12-19/h5,7,9-13,15-16,21H,6,8,14H2,1-4H3,(H,27,28,29). The first-order valence-corrected chi connectivity index (χ1v) is 11.0. The summed E-state index contributed by atoms with van der Waals surface area (Å²) in [6, 6.07) is 10.9. The summed E-state index contributed by atoms with van der Waals surface area (Å²) in [5, 5.41) is 3.23. The lowest BCUT2D eigenvalue weighted by Crippen LogP contribution is -2.48. The van der Waals surface area contributed by atoms with Crippen molar-refractivity contribution in [3.63, 3.8) is 0 Å². The van der Waals surface area contributed by atoms with Crippen molar-refractivity contribution in [2.45, 2.75) is 45.3 Å². The number of nitrogens with zero attached hydrogens (tertiary/aromatic N) is 4. The van der Waals surface area contributed by atoms with E-state index >= 15 is 0 Å². The number of pyridine rings is 1. The molecule has 3 heterocycles. The second-order valence-electron chi connectivity index (χ2n) is 8.57. The predicted molar refractivity (Wildman–Crippen MR) is 126 cm³/mol. The minimum absolute atomic E-state index is 0.0819. The van der Waals surface area contributed by atoms with E-state index in [0.29, 0.717) is 18.1 Å². The third-order valence-corrected chi connectivity index (χ3v) is 5.71. The molecule has 0 aliphatic carbocycles. The van der Waals surface area contributed by atoms with E-state index in [9.17, 15) is 4.79 Å². The van der Waals surface area contributed by atoms with Crippen LogP contribution in [-0.2, 0) is 4.79 Å². The second-order valence-corrected chi connectivity index (χ2v) is 8.57. The number of aryl methyl sites for hydroxylation is 1. The van der Waals surface area contributed by atoms with E-state index in [4.69, 9.17) is 14.5 Å². The molecule has 1 aliphatic rings. The Kier molecular flexibility index (Phi) is 6.44. The van der Waals surface area contributed by atoms with Crippen molar-refractivity contribution < 1.29 is 14.3 Å². The number of anilines is 2. The normalized spacial score (nSPS) is 15.9. The maximum Gasteiger partial charge on any atom is 0.266 e. The van der Waals surface area contributed by atoms with Gasteiger partial charge in [-0.15, -0.1) is 0 Å². The molecule has 1 saturated heterocycles. The van der Waals surface area contributed by atoms with Crippen LogP contribution in [0.25, 0.3) is 0 Å². The molecule has 4 rings (SSSR count). The third-order valence-electron chi connectivity index (χ3n) is 5.71. The van der Waals surface area contributed by atoms with Gasteiger partial charge in [-0.2, -0.15) is 0 Å². The minimum atomic E-state index is -1.04. The lowest BCUT2D eigenvalue weighted by Gasteiger charge is -2.33. The summed E-state index contributed by atoms with van der Waals surface area (Å²) in [7, 11) is 1.61. The fourth-order valence-electron chi connectivity index (χ4n) is 3.98. The molecule has 1 fully saturated rings. The lowest BCUT2D eigenvalue weighted by atomic mass is 10.1. The topological polar surface area (TPSA) is 89.5 Å². The third kappa shape index (κ3) is 5.05. The van der Waals surface area contributed by atoms with Gasteiger partial charge in [-0.05, 0) is 69.5 Å². The molecule has 172 valence electrons. The Morgan fingerprint density at radius 3 is 2.64 bits per heavy atom. The number of hydrogen-bond donors (Lipinski definition) is 1. The van der Waals surface area contributed by atoms with Gasteiger partial charge in [-0.1, -0.05) is 6.07 Å². The van der Waals surface area contributed by atoms with Crippen LogP contribution in [0.1, 0.15) is 44.0 Å². The highest BCUT2D eigenvalue weighted by atomic mass is 16.5. The molecule has 1 unspecified atom stereocenters. The number of likely N-dealkylation sites (tertiary alicyclic amines) is 1. The van der Waals surface area contributed by atoms with Crippen LogP contribution in [0.4, 0.5) is 11.6 Å². The number of benzene rings is 1. The molecule has 0 spiro atoms. The van der Waals surface area contributed by atoms with Gasteiger partial charge in [0.2, 0.25) is 0 Å². The van der Waals surface area contributed by atoms with Crippen LogP contribution in [0.15, 0.2) is 55.0 Å². The Labute approximate surface area is 194 Å². The highest BCUT2D eigenvalue weighted by molar-refractivity contribution is 5.85. The average Bonchev–Trinajstić information content (AvgIpc) is 3.30. The molecule has 1 aliphatic heterocycles. The SMILES string of the molecule is COc1ccc(OC(C)(C)C(=O)N2CCCC2c2cncc(Nc3ncccc3C)n2)cc1. The molecule has 0 bridgehead atoms. The number of amides is 1. The summed E-state index contributed by atoms with van der Waals surface area (Å²) in [5.74, 6) is 2.60. The molecule has 3 aromatic rings. The first-order valence-electron chi connectivity index (χ1n) is 11.0. The van der Waals surface area contributed by atoms with E-state index in [-0.39, 0.29) is 11.9 Å². The fraction of sp³-hybridized carbons (Fsp3) is 0.360. The maximum absolute atomic E-state index is 13.5. The number of methoxy groups -OCH3 is 1. The van der Waals surface area contributed by atoms with Crippen molar-refractivity contribution in [3.8, 4) is 11.5 Å². The van der Waals surface area contributed by atoms with E-state index in [0.717, 1.165) is 35.7 Å².